The SMILES string of the molecule is [2H]c1c([2H])c([2H])c(-c2c3ccccc3c(-c3c([2H])c([2H])c(-c4c([2H])c(-c5c([2H])c([2H])c([2H])c([2H])c5[2H])c5oc6c([2H])c([2H])c([2H])c([2H])c6c5c4[2H])c4c([2H])c([2H])c([2H])c([2H])c34)c3ccccc23)c([2H])c1[2H]. The lowest BCUT2D eigenvalue weighted by atomic mass is 9.83. The van der Waals surface area contributed by atoms with Crippen molar-refractivity contribution in [2.24, 2.45) is 0 Å². The third-order valence-electron chi connectivity index (χ3n) is 8.49. The molecule has 49 heavy (non-hydrogen) atoms. The molecule has 0 N–H and O–H groups in total. The molecule has 0 amide bonds. The molecule has 0 saturated carbocycles. The molecule has 0 aliphatic heterocycles. The maximum atomic E-state index is 9.96. The van der Waals surface area contributed by atoms with E-state index in [1.165, 1.54) is 0 Å². The molecule has 1 nitrogen and oxygen atoms in total. The van der Waals surface area contributed by atoms with Crippen LogP contribution in [0.2, 0.25) is 0 Å². The Morgan fingerprint density at radius 1 is 0.347 bits per heavy atom. The second-order valence-electron chi connectivity index (χ2n) is 11.1. The topological polar surface area (TPSA) is 13.1 Å². The van der Waals surface area contributed by atoms with E-state index < -0.39 is 183 Å². The van der Waals surface area contributed by atoms with E-state index in [0.29, 0.717) is 10.8 Å². The molecule has 0 unspecified atom stereocenters. The molecule has 10 rings (SSSR count). The summed E-state index contributed by atoms with van der Waals surface area (Å²) in [6, 6.07) is -3.25. The van der Waals surface area contributed by atoms with Gasteiger partial charge in [0.05, 0.1) is 30.2 Å². The van der Waals surface area contributed by atoms with Gasteiger partial charge in [-0.05, 0) is 89.4 Å². The smallest absolute Gasteiger partial charge is 0.143 e. The summed E-state index contributed by atoms with van der Waals surface area (Å²) in [6.07, 6.45) is 0. The van der Waals surface area contributed by atoms with Crippen molar-refractivity contribution >= 4 is 54.3 Å². The van der Waals surface area contributed by atoms with Crippen molar-refractivity contribution in [2.75, 3.05) is 0 Å². The molecule has 0 saturated heterocycles. The van der Waals surface area contributed by atoms with Gasteiger partial charge in [0.1, 0.15) is 11.2 Å². The Morgan fingerprint density at radius 3 is 1.51 bits per heavy atom. The van der Waals surface area contributed by atoms with Gasteiger partial charge in [-0.25, -0.2) is 0 Å². The van der Waals surface area contributed by atoms with Gasteiger partial charge in [-0.3, -0.25) is 0 Å². The van der Waals surface area contributed by atoms with Crippen molar-refractivity contribution in [1.29, 1.82) is 0 Å². The molecule has 0 radical (unpaired) electrons. The van der Waals surface area contributed by atoms with Crippen molar-refractivity contribution in [3.63, 3.8) is 0 Å². The van der Waals surface area contributed by atoms with Crippen molar-refractivity contribution in [2.45, 2.75) is 0 Å². The molecule has 1 heterocycles. The van der Waals surface area contributed by atoms with Crippen molar-refractivity contribution in [1.82, 2.24) is 0 Å². The molecular formula is C48H30O. The Balaban J connectivity index is 1.46. The molecule has 0 fully saturated rings. The Hall–Kier alpha value is -6.44. The van der Waals surface area contributed by atoms with Gasteiger partial charge >= 0.3 is 0 Å². The molecule has 0 bridgehead atoms. The zero-order valence-electron chi connectivity index (χ0n) is 47.0. The van der Waals surface area contributed by atoms with Crippen LogP contribution in [0.3, 0.4) is 0 Å². The second-order valence-corrected chi connectivity index (χ2v) is 11.1. The van der Waals surface area contributed by atoms with Crippen LogP contribution in [0.1, 0.15) is 30.2 Å². The monoisotopic (exact) mass is 644 g/mol. The normalized spacial score (nSPS) is 18.0. The highest BCUT2D eigenvalue weighted by Crippen LogP contribution is 2.47. The minimum absolute atomic E-state index is 0.136. The van der Waals surface area contributed by atoms with Crippen LogP contribution in [0.25, 0.3) is 98.8 Å². The van der Waals surface area contributed by atoms with Gasteiger partial charge in [0, 0.05) is 16.3 Å². The maximum absolute atomic E-state index is 9.96. The first-order valence-corrected chi connectivity index (χ1v) is 15.1. The molecule has 0 atom stereocenters. The van der Waals surface area contributed by atoms with Crippen LogP contribution in [-0.2, 0) is 0 Å². The summed E-state index contributed by atoms with van der Waals surface area (Å²) in [5.41, 5.74) is -3.63. The number of rotatable bonds is 4. The summed E-state index contributed by atoms with van der Waals surface area (Å²) < 4.78 is 204. The number of benzene rings is 9. The molecular weight excluding hydrogens is 593 g/mol. The molecule has 1 heteroatoms. The molecule has 228 valence electrons. The summed E-state index contributed by atoms with van der Waals surface area (Å²) in [7, 11) is 0. The Labute approximate surface area is 315 Å². The molecule has 9 aromatic carbocycles. The van der Waals surface area contributed by atoms with E-state index >= 15 is 0 Å². The van der Waals surface area contributed by atoms with Crippen LogP contribution in [-0.4, -0.2) is 0 Å². The van der Waals surface area contributed by atoms with Crippen LogP contribution in [0, 0.1) is 0 Å². The zero-order valence-corrected chi connectivity index (χ0v) is 25.0. The highest BCUT2D eigenvalue weighted by atomic mass is 16.3. The lowest BCUT2D eigenvalue weighted by molar-refractivity contribution is 0.670. The molecule has 0 spiro atoms. The Bertz CT molecular complexity index is 4030. The Kier molecular flexibility index (Phi) is 3.07. The van der Waals surface area contributed by atoms with E-state index in [0.717, 1.165) is 0 Å². The fourth-order valence-electron chi connectivity index (χ4n) is 6.48. The predicted molar refractivity (Wildman–Crippen MR) is 208 cm³/mol. The van der Waals surface area contributed by atoms with Crippen LogP contribution in [0.4, 0.5) is 0 Å². The number of para-hydroxylation sites is 1. The summed E-state index contributed by atoms with van der Waals surface area (Å²) in [6.45, 7) is 0. The lowest BCUT2D eigenvalue weighted by Gasteiger charge is -2.20. The average molecular weight is 645 g/mol. The second kappa shape index (κ2) is 11.1. The van der Waals surface area contributed by atoms with Gasteiger partial charge in [0.15, 0.2) is 0 Å². The van der Waals surface area contributed by atoms with Crippen LogP contribution in [0.15, 0.2) is 186 Å². The van der Waals surface area contributed by atoms with Gasteiger partial charge in [-0.2, -0.15) is 0 Å². The maximum Gasteiger partial charge on any atom is 0.143 e. The van der Waals surface area contributed by atoms with Crippen molar-refractivity contribution < 1.29 is 34.6 Å². The number of hydrogen-bond donors (Lipinski definition) is 0. The van der Waals surface area contributed by atoms with Gasteiger partial charge in [-0.1, -0.05) is 163 Å². The number of furan rings is 1. The minimum atomic E-state index is -0.872. The van der Waals surface area contributed by atoms with Crippen LogP contribution < -0.4 is 0 Å². The molecule has 0 aliphatic carbocycles. The lowest BCUT2D eigenvalue weighted by Crippen LogP contribution is -1.92. The van der Waals surface area contributed by atoms with Crippen LogP contribution >= 0.6 is 0 Å². The first-order chi connectivity index (χ1) is 33.5. The third kappa shape index (κ3) is 4.33. The first kappa shape index (κ1) is 13.6. The summed E-state index contributed by atoms with van der Waals surface area (Å²) >= 11 is 0. The summed E-state index contributed by atoms with van der Waals surface area (Å²) in [5, 5.41) is -0.584. The van der Waals surface area contributed by atoms with E-state index in [-0.39, 0.29) is 38.4 Å². The Morgan fingerprint density at radius 2 is 0.857 bits per heavy atom. The van der Waals surface area contributed by atoms with E-state index in [1.54, 1.807) is 48.5 Å². The van der Waals surface area contributed by atoms with Crippen molar-refractivity contribution in [3.05, 3.63) is 181 Å². The minimum Gasteiger partial charge on any atom is -0.455 e. The van der Waals surface area contributed by atoms with Gasteiger partial charge in [0.25, 0.3) is 0 Å². The molecule has 1 aromatic heterocycles. The highest BCUT2D eigenvalue weighted by molar-refractivity contribution is 6.24. The summed E-state index contributed by atoms with van der Waals surface area (Å²) in [5.74, 6) is 0. The standard InChI is InChI=1S/C48H30O/c1-3-15-31(16-4-1)43-29-33(30-44-37-21-13-14-26-45(37)49-48(43)44)34-27-28-42(36-20-8-7-19-35(34)36)47-40-24-11-9-22-38(40)46(32-17-5-2-6-18-32)39-23-10-12-25-41(39)47/h1-30H/i1D,2D,3D,4D,5D,6D,7D,8D,13D,14D,15D,16D,17D,18D,19D,20D,21D,26D,27D,28D,29D,30D. The van der Waals surface area contributed by atoms with Gasteiger partial charge < -0.3 is 4.42 Å². The number of fused-ring (bicyclic) bond motifs is 6. The molecule has 10 aromatic rings. The average Bonchev–Trinajstić information content (AvgIpc) is 3.77. The van der Waals surface area contributed by atoms with E-state index in [9.17, 15) is 8.22 Å². The first-order valence-electron chi connectivity index (χ1n) is 26.1. The predicted octanol–water partition coefficient (Wildman–Crippen LogP) is 13.7. The van der Waals surface area contributed by atoms with Crippen LogP contribution in [0.5, 0.6) is 0 Å². The van der Waals surface area contributed by atoms with Gasteiger partial charge in [-0.15, -0.1) is 0 Å². The third-order valence-corrected chi connectivity index (χ3v) is 8.49. The fraction of sp³-hybridized carbons (Fsp3) is 0. The largest absolute Gasteiger partial charge is 0.455 e. The summed E-state index contributed by atoms with van der Waals surface area (Å²) in [4.78, 5) is 0. The van der Waals surface area contributed by atoms with E-state index in [1.807, 2.05) is 0 Å². The van der Waals surface area contributed by atoms with E-state index in [4.69, 9.17) is 26.3 Å². The zero-order chi connectivity index (χ0) is 51.5. The van der Waals surface area contributed by atoms with Crippen molar-refractivity contribution in [3.8, 4) is 44.5 Å². The highest BCUT2D eigenvalue weighted by Gasteiger charge is 2.20. The quantitative estimate of drug-likeness (QED) is 0.174. The van der Waals surface area contributed by atoms with Gasteiger partial charge in [0.2, 0.25) is 0 Å². The fourth-order valence-corrected chi connectivity index (χ4v) is 6.48. The molecule has 0 aliphatic rings. The number of hydrogen-bond acceptors (Lipinski definition) is 1. The van der Waals surface area contributed by atoms with E-state index in [2.05, 4.69) is 0 Å².